The Morgan fingerprint density at radius 1 is 1.09 bits per heavy atom. The van der Waals surface area contributed by atoms with E-state index in [4.69, 9.17) is 4.74 Å². The largest absolute Gasteiger partial charge is 0.445 e. The minimum atomic E-state index is -2.53. The number of carbonyl (C=O) groups is 1. The standard InChI is InChI=1S/C18H17F2NO2/c19-17(20)16-11-5-4-9-15(16)10-6-12-21-18(22)23-13-14-7-2-1-3-8-14/h1-11,17H,12-13H2,(H,21,22). The van der Waals surface area contributed by atoms with Gasteiger partial charge in [-0.15, -0.1) is 0 Å². The van der Waals surface area contributed by atoms with E-state index < -0.39 is 12.5 Å². The summed E-state index contributed by atoms with van der Waals surface area (Å²) in [5.41, 5.74) is 1.29. The highest BCUT2D eigenvalue weighted by Gasteiger charge is 2.09. The molecule has 0 radical (unpaired) electrons. The molecule has 0 aliphatic rings. The Balaban J connectivity index is 1.77. The molecule has 0 unspecified atom stereocenters. The van der Waals surface area contributed by atoms with Crippen LogP contribution in [0, 0.1) is 0 Å². The molecule has 0 aliphatic heterocycles. The van der Waals surface area contributed by atoms with Crippen LogP contribution in [0.5, 0.6) is 0 Å². The predicted octanol–water partition coefficient (Wildman–Crippen LogP) is 4.56. The Hall–Kier alpha value is -2.69. The highest BCUT2D eigenvalue weighted by molar-refractivity contribution is 5.67. The minimum Gasteiger partial charge on any atom is -0.445 e. The van der Waals surface area contributed by atoms with Crippen molar-refractivity contribution in [2.24, 2.45) is 0 Å². The van der Waals surface area contributed by atoms with Crippen LogP contribution in [0.25, 0.3) is 6.08 Å². The van der Waals surface area contributed by atoms with Crippen LogP contribution in [0.4, 0.5) is 13.6 Å². The fourth-order valence-corrected chi connectivity index (χ4v) is 1.96. The van der Waals surface area contributed by atoms with Crippen LogP contribution in [0.3, 0.4) is 0 Å². The first-order valence-electron chi connectivity index (χ1n) is 7.15. The molecule has 1 amide bonds. The van der Waals surface area contributed by atoms with Crippen LogP contribution < -0.4 is 5.32 Å². The van der Waals surface area contributed by atoms with Crippen LogP contribution in [0.15, 0.2) is 60.7 Å². The Kier molecular flexibility index (Phi) is 6.29. The molecule has 0 aromatic heterocycles. The lowest BCUT2D eigenvalue weighted by Gasteiger charge is -2.06. The van der Waals surface area contributed by atoms with Gasteiger partial charge in [-0.2, -0.15) is 0 Å². The molecule has 2 rings (SSSR count). The second-order valence-corrected chi connectivity index (χ2v) is 4.77. The number of halogens is 2. The summed E-state index contributed by atoms with van der Waals surface area (Å²) in [6, 6.07) is 15.6. The SMILES string of the molecule is O=C(NCC=Cc1ccccc1C(F)F)OCc1ccccc1. The van der Waals surface area contributed by atoms with Gasteiger partial charge < -0.3 is 10.1 Å². The first-order valence-corrected chi connectivity index (χ1v) is 7.15. The normalized spacial score (nSPS) is 10.9. The van der Waals surface area contributed by atoms with Gasteiger partial charge in [-0.05, 0) is 11.1 Å². The number of hydrogen-bond donors (Lipinski definition) is 1. The zero-order valence-electron chi connectivity index (χ0n) is 12.4. The number of rotatable bonds is 6. The van der Waals surface area contributed by atoms with E-state index in [1.807, 2.05) is 30.3 Å². The van der Waals surface area contributed by atoms with Crippen LogP contribution in [0.2, 0.25) is 0 Å². The number of alkyl halides is 2. The number of benzene rings is 2. The molecule has 0 heterocycles. The van der Waals surface area contributed by atoms with Gasteiger partial charge in [0.05, 0.1) is 0 Å². The van der Waals surface area contributed by atoms with Crippen molar-refractivity contribution < 1.29 is 18.3 Å². The summed E-state index contributed by atoms with van der Waals surface area (Å²) in [7, 11) is 0. The zero-order chi connectivity index (χ0) is 16.5. The highest BCUT2D eigenvalue weighted by Crippen LogP contribution is 2.23. The molecule has 0 atom stereocenters. The summed E-state index contributed by atoms with van der Waals surface area (Å²) in [4.78, 5) is 11.5. The van der Waals surface area contributed by atoms with Crippen LogP contribution in [-0.2, 0) is 11.3 Å². The number of alkyl carbamates (subject to hydrolysis) is 1. The van der Waals surface area contributed by atoms with Crippen molar-refractivity contribution in [3.63, 3.8) is 0 Å². The summed E-state index contributed by atoms with van der Waals surface area (Å²) in [5.74, 6) is 0. The Labute approximate surface area is 133 Å². The molecule has 0 saturated carbocycles. The fourth-order valence-electron chi connectivity index (χ4n) is 1.96. The topological polar surface area (TPSA) is 38.3 Å². The van der Waals surface area contributed by atoms with Crippen molar-refractivity contribution in [1.29, 1.82) is 0 Å². The van der Waals surface area contributed by atoms with Gasteiger partial charge in [-0.1, -0.05) is 66.7 Å². The van der Waals surface area contributed by atoms with Crippen molar-refractivity contribution in [3.05, 3.63) is 77.4 Å². The predicted molar refractivity (Wildman–Crippen MR) is 85.1 cm³/mol. The van der Waals surface area contributed by atoms with Crippen molar-refractivity contribution in [3.8, 4) is 0 Å². The maximum absolute atomic E-state index is 12.8. The molecule has 3 nitrogen and oxygen atoms in total. The molecule has 23 heavy (non-hydrogen) atoms. The summed E-state index contributed by atoms with van der Waals surface area (Å²) >= 11 is 0. The molecule has 0 spiro atoms. The summed E-state index contributed by atoms with van der Waals surface area (Å²) < 4.78 is 30.6. The molecule has 0 fully saturated rings. The van der Waals surface area contributed by atoms with E-state index in [0.29, 0.717) is 5.56 Å². The summed E-state index contributed by atoms with van der Waals surface area (Å²) in [5, 5.41) is 2.54. The van der Waals surface area contributed by atoms with Crippen molar-refractivity contribution in [1.82, 2.24) is 5.32 Å². The van der Waals surface area contributed by atoms with E-state index in [-0.39, 0.29) is 18.7 Å². The van der Waals surface area contributed by atoms with E-state index in [0.717, 1.165) is 5.56 Å². The summed E-state index contributed by atoms with van der Waals surface area (Å²) in [6.07, 6.45) is 0.0736. The molecule has 0 saturated heterocycles. The Bertz CT molecular complexity index is 657. The molecule has 0 aliphatic carbocycles. The van der Waals surface area contributed by atoms with Gasteiger partial charge in [0, 0.05) is 12.1 Å². The van der Waals surface area contributed by atoms with Crippen LogP contribution in [0.1, 0.15) is 23.1 Å². The van der Waals surface area contributed by atoms with Crippen LogP contribution >= 0.6 is 0 Å². The van der Waals surface area contributed by atoms with E-state index in [9.17, 15) is 13.6 Å². The lowest BCUT2D eigenvalue weighted by molar-refractivity contribution is 0.140. The maximum atomic E-state index is 12.8. The molecular formula is C18H17F2NO2. The molecule has 2 aromatic carbocycles. The lowest BCUT2D eigenvalue weighted by Crippen LogP contribution is -2.24. The molecule has 120 valence electrons. The van der Waals surface area contributed by atoms with Gasteiger partial charge in [0.1, 0.15) is 6.61 Å². The first-order chi connectivity index (χ1) is 11.2. The number of amides is 1. The Morgan fingerprint density at radius 2 is 1.78 bits per heavy atom. The number of nitrogens with one attached hydrogen (secondary N) is 1. The van der Waals surface area contributed by atoms with Gasteiger partial charge in [0.25, 0.3) is 6.43 Å². The summed E-state index contributed by atoms with van der Waals surface area (Å²) in [6.45, 7) is 0.385. The fraction of sp³-hybridized carbons (Fsp3) is 0.167. The average Bonchev–Trinajstić information content (AvgIpc) is 2.58. The number of carbonyl (C=O) groups excluding carboxylic acids is 1. The van der Waals surface area contributed by atoms with E-state index >= 15 is 0 Å². The molecule has 0 bridgehead atoms. The third-order valence-corrected chi connectivity index (χ3v) is 3.11. The van der Waals surface area contributed by atoms with Crippen molar-refractivity contribution >= 4 is 12.2 Å². The quantitative estimate of drug-likeness (QED) is 0.848. The second-order valence-electron chi connectivity index (χ2n) is 4.77. The monoisotopic (exact) mass is 317 g/mol. The molecule has 1 N–H and O–H groups in total. The molecular weight excluding hydrogens is 300 g/mol. The smallest absolute Gasteiger partial charge is 0.407 e. The third-order valence-electron chi connectivity index (χ3n) is 3.11. The lowest BCUT2D eigenvalue weighted by atomic mass is 10.1. The number of ether oxygens (including phenoxy) is 1. The average molecular weight is 317 g/mol. The molecule has 5 heteroatoms. The van der Waals surface area contributed by atoms with E-state index in [1.54, 1.807) is 30.4 Å². The minimum absolute atomic E-state index is 0.0320. The second kappa shape index (κ2) is 8.68. The third kappa shape index (κ3) is 5.54. The van der Waals surface area contributed by atoms with Crippen LogP contribution in [-0.4, -0.2) is 12.6 Å². The van der Waals surface area contributed by atoms with Gasteiger partial charge in [-0.25, -0.2) is 13.6 Å². The van der Waals surface area contributed by atoms with Gasteiger partial charge in [-0.3, -0.25) is 0 Å². The van der Waals surface area contributed by atoms with E-state index in [1.165, 1.54) is 6.07 Å². The van der Waals surface area contributed by atoms with Gasteiger partial charge in [0.2, 0.25) is 0 Å². The highest BCUT2D eigenvalue weighted by atomic mass is 19.3. The van der Waals surface area contributed by atoms with Crippen molar-refractivity contribution in [2.45, 2.75) is 13.0 Å². The maximum Gasteiger partial charge on any atom is 0.407 e. The van der Waals surface area contributed by atoms with Gasteiger partial charge >= 0.3 is 6.09 Å². The zero-order valence-corrected chi connectivity index (χ0v) is 12.4. The van der Waals surface area contributed by atoms with E-state index in [2.05, 4.69) is 5.32 Å². The van der Waals surface area contributed by atoms with Gasteiger partial charge in [0.15, 0.2) is 0 Å². The van der Waals surface area contributed by atoms with Crippen molar-refractivity contribution in [2.75, 3.05) is 6.54 Å². The number of hydrogen-bond acceptors (Lipinski definition) is 2. The Morgan fingerprint density at radius 3 is 2.52 bits per heavy atom. The molecule has 2 aromatic rings. The first kappa shape index (κ1) is 16.7.